The molecule has 0 unspecified atom stereocenters. The average molecular weight is 310 g/mol. The molecule has 1 N–H and O–H groups in total. The summed E-state index contributed by atoms with van der Waals surface area (Å²) < 4.78 is 5.14. The highest BCUT2D eigenvalue weighted by atomic mass is 35.5. The summed E-state index contributed by atoms with van der Waals surface area (Å²) in [6.45, 7) is 2.82. The first-order chi connectivity index (χ1) is 9.61. The van der Waals surface area contributed by atoms with Gasteiger partial charge in [0.1, 0.15) is 0 Å². The van der Waals surface area contributed by atoms with Crippen LogP contribution in [0.1, 0.15) is 24.1 Å². The molecule has 0 saturated heterocycles. The third kappa shape index (κ3) is 3.66. The fourth-order valence-corrected chi connectivity index (χ4v) is 2.73. The molecule has 106 valence electrons. The molecule has 0 fully saturated rings. The Kier molecular flexibility index (Phi) is 5.30. The summed E-state index contributed by atoms with van der Waals surface area (Å²) in [5.74, 6) is 0.521. The van der Waals surface area contributed by atoms with Gasteiger partial charge in [0.25, 0.3) is 0 Å². The summed E-state index contributed by atoms with van der Waals surface area (Å²) in [7, 11) is 1.56. The van der Waals surface area contributed by atoms with Crippen molar-refractivity contribution < 1.29 is 4.74 Å². The lowest BCUT2D eigenvalue weighted by atomic mass is 10.1. The van der Waals surface area contributed by atoms with Gasteiger partial charge >= 0.3 is 0 Å². The van der Waals surface area contributed by atoms with E-state index < -0.39 is 0 Å². The number of rotatable bonds is 5. The van der Waals surface area contributed by atoms with Crippen molar-refractivity contribution in [3.8, 4) is 5.75 Å². The van der Waals surface area contributed by atoms with E-state index in [4.69, 9.17) is 27.9 Å². The van der Waals surface area contributed by atoms with Crippen molar-refractivity contribution in [2.24, 2.45) is 0 Å². The van der Waals surface area contributed by atoms with Gasteiger partial charge in [0.05, 0.1) is 17.2 Å². The number of benzene rings is 2. The van der Waals surface area contributed by atoms with Crippen molar-refractivity contribution in [1.29, 1.82) is 0 Å². The van der Waals surface area contributed by atoms with Crippen molar-refractivity contribution in [2.45, 2.75) is 19.5 Å². The first kappa shape index (κ1) is 15.2. The standard InChI is InChI=1S/C16H17Cl2NO/c1-11(13-6-4-3-5-7-13)19-10-12-8-14(17)16(20-2)15(18)9-12/h3-9,11,19H,10H2,1-2H3/t11-/m1/s1. The van der Waals surface area contributed by atoms with E-state index in [-0.39, 0.29) is 6.04 Å². The third-order valence-electron chi connectivity index (χ3n) is 3.17. The van der Waals surface area contributed by atoms with Crippen LogP contribution >= 0.6 is 23.2 Å². The molecule has 0 aliphatic rings. The molecule has 2 rings (SSSR count). The smallest absolute Gasteiger partial charge is 0.156 e. The molecular formula is C16H17Cl2NO. The largest absolute Gasteiger partial charge is 0.494 e. The number of halogens is 2. The first-order valence-electron chi connectivity index (χ1n) is 6.42. The maximum atomic E-state index is 6.13. The van der Waals surface area contributed by atoms with Crippen molar-refractivity contribution in [3.05, 3.63) is 63.6 Å². The van der Waals surface area contributed by atoms with Crippen LogP contribution in [0.2, 0.25) is 10.0 Å². The Labute approximate surface area is 129 Å². The molecule has 20 heavy (non-hydrogen) atoms. The second-order valence-corrected chi connectivity index (χ2v) is 5.42. The molecule has 0 radical (unpaired) electrons. The van der Waals surface area contributed by atoms with E-state index in [1.165, 1.54) is 5.56 Å². The Morgan fingerprint density at radius 2 is 1.70 bits per heavy atom. The Balaban J connectivity index is 2.04. The molecule has 0 aliphatic carbocycles. The molecule has 0 aromatic heterocycles. The van der Waals surface area contributed by atoms with Crippen LogP contribution in [0.3, 0.4) is 0 Å². The first-order valence-corrected chi connectivity index (χ1v) is 7.17. The summed E-state index contributed by atoms with van der Waals surface area (Å²) >= 11 is 12.3. The molecule has 0 heterocycles. The highest BCUT2D eigenvalue weighted by Gasteiger charge is 2.10. The molecule has 0 spiro atoms. The summed E-state index contributed by atoms with van der Waals surface area (Å²) in [6.07, 6.45) is 0. The summed E-state index contributed by atoms with van der Waals surface area (Å²) in [4.78, 5) is 0. The van der Waals surface area contributed by atoms with Crippen molar-refractivity contribution >= 4 is 23.2 Å². The van der Waals surface area contributed by atoms with E-state index in [1.807, 2.05) is 30.3 Å². The zero-order chi connectivity index (χ0) is 14.5. The van der Waals surface area contributed by atoms with Crippen molar-refractivity contribution in [1.82, 2.24) is 5.32 Å². The quantitative estimate of drug-likeness (QED) is 0.852. The van der Waals surface area contributed by atoms with E-state index in [2.05, 4.69) is 24.4 Å². The topological polar surface area (TPSA) is 21.3 Å². The van der Waals surface area contributed by atoms with Gasteiger partial charge in [-0.15, -0.1) is 0 Å². The van der Waals surface area contributed by atoms with Crippen LogP contribution in [-0.4, -0.2) is 7.11 Å². The average Bonchev–Trinajstić information content (AvgIpc) is 2.45. The summed E-state index contributed by atoms with van der Waals surface area (Å²) in [5, 5.41) is 4.51. The van der Waals surface area contributed by atoms with Gasteiger partial charge in [0.15, 0.2) is 5.75 Å². The normalized spacial score (nSPS) is 12.2. The van der Waals surface area contributed by atoms with E-state index in [1.54, 1.807) is 7.11 Å². The van der Waals surface area contributed by atoms with E-state index in [0.29, 0.717) is 22.3 Å². The van der Waals surface area contributed by atoms with E-state index in [0.717, 1.165) is 5.56 Å². The minimum absolute atomic E-state index is 0.260. The zero-order valence-electron chi connectivity index (χ0n) is 11.5. The van der Waals surface area contributed by atoms with E-state index in [9.17, 15) is 0 Å². The van der Waals surface area contributed by atoms with Gasteiger partial charge in [-0.2, -0.15) is 0 Å². The van der Waals surface area contributed by atoms with Gasteiger partial charge in [0.2, 0.25) is 0 Å². The summed E-state index contributed by atoms with van der Waals surface area (Å²) in [5.41, 5.74) is 2.28. The van der Waals surface area contributed by atoms with Crippen LogP contribution in [0.5, 0.6) is 5.75 Å². The minimum Gasteiger partial charge on any atom is -0.494 e. The van der Waals surface area contributed by atoms with Crippen LogP contribution < -0.4 is 10.1 Å². The Morgan fingerprint density at radius 1 is 1.10 bits per heavy atom. The number of hydrogen-bond acceptors (Lipinski definition) is 2. The Hall–Kier alpha value is -1.22. The predicted molar refractivity (Wildman–Crippen MR) is 84.7 cm³/mol. The van der Waals surface area contributed by atoms with E-state index >= 15 is 0 Å². The number of methoxy groups -OCH3 is 1. The van der Waals surface area contributed by atoms with Gasteiger partial charge in [-0.25, -0.2) is 0 Å². The van der Waals surface area contributed by atoms with Crippen LogP contribution in [0, 0.1) is 0 Å². The molecule has 1 atom stereocenters. The number of ether oxygens (including phenoxy) is 1. The van der Waals surface area contributed by atoms with Crippen molar-refractivity contribution in [2.75, 3.05) is 7.11 Å². The lowest BCUT2D eigenvalue weighted by Crippen LogP contribution is -2.18. The Morgan fingerprint density at radius 3 is 2.25 bits per heavy atom. The Bertz CT molecular complexity index is 549. The molecule has 0 bridgehead atoms. The highest BCUT2D eigenvalue weighted by molar-refractivity contribution is 6.37. The van der Waals surface area contributed by atoms with Crippen LogP contribution in [0.4, 0.5) is 0 Å². The van der Waals surface area contributed by atoms with Crippen LogP contribution in [0.15, 0.2) is 42.5 Å². The van der Waals surface area contributed by atoms with Gasteiger partial charge < -0.3 is 10.1 Å². The maximum absolute atomic E-state index is 6.13. The number of hydrogen-bond donors (Lipinski definition) is 1. The molecule has 2 aromatic carbocycles. The van der Waals surface area contributed by atoms with Gasteiger partial charge in [-0.1, -0.05) is 53.5 Å². The molecular weight excluding hydrogens is 293 g/mol. The fraction of sp³-hybridized carbons (Fsp3) is 0.250. The van der Waals surface area contributed by atoms with Crippen LogP contribution in [-0.2, 0) is 6.54 Å². The number of nitrogens with one attached hydrogen (secondary N) is 1. The molecule has 2 nitrogen and oxygen atoms in total. The predicted octanol–water partition coefficient (Wildman–Crippen LogP) is 4.85. The van der Waals surface area contributed by atoms with Crippen molar-refractivity contribution in [3.63, 3.8) is 0 Å². The van der Waals surface area contributed by atoms with Gasteiger partial charge in [0, 0.05) is 12.6 Å². The minimum atomic E-state index is 0.260. The maximum Gasteiger partial charge on any atom is 0.156 e. The lowest BCUT2D eigenvalue weighted by molar-refractivity contribution is 0.415. The highest BCUT2D eigenvalue weighted by Crippen LogP contribution is 2.33. The van der Waals surface area contributed by atoms with Gasteiger partial charge in [-0.3, -0.25) is 0 Å². The molecule has 4 heteroatoms. The fourth-order valence-electron chi connectivity index (χ4n) is 2.04. The van der Waals surface area contributed by atoms with Gasteiger partial charge in [-0.05, 0) is 30.2 Å². The summed E-state index contributed by atoms with van der Waals surface area (Å²) in [6, 6.07) is 14.3. The second kappa shape index (κ2) is 6.98. The SMILES string of the molecule is COc1c(Cl)cc(CN[C@H](C)c2ccccc2)cc1Cl. The third-order valence-corrected chi connectivity index (χ3v) is 3.74. The zero-order valence-corrected chi connectivity index (χ0v) is 13.0. The lowest BCUT2D eigenvalue weighted by Gasteiger charge is -2.15. The monoisotopic (exact) mass is 309 g/mol. The second-order valence-electron chi connectivity index (χ2n) is 4.61. The molecule has 0 amide bonds. The van der Waals surface area contributed by atoms with Crippen LogP contribution in [0.25, 0.3) is 0 Å². The molecule has 0 aliphatic heterocycles. The molecule has 0 saturated carbocycles. The molecule has 2 aromatic rings.